The van der Waals surface area contributed by atoms with Gasteiger partial charge in [0.2, 0.25) is 0 Å². The minimum atomic E-state index is -4.40. The van der Waals surface area contributed by atoms with Crippen molar-refractivity contribution in [2.75, 3.05) is 13.3 Å². The molecule has 0 unspecified atom stereocenters. The van der Waals surface area contributed by atoms with Crippen molar-refractivity contribution in [3.63, 3.8) is 0 Å². The van der Waals surface area contributed by atoms with Gasteiger partial charge < -0.3 is 4.90 Å². The first-order valence-electron chi connectivity index (χ1n) is 7.20. The van der Waals surface area contributed by atoms with Crippen LogP contribution >= 0.6 is 0 Å². The van der Waals surface area contributed by atoms with E-state index < -0.39 is 21.6 Å². The first-order chi connectivity index (χ1) is 11.5. The molecule has 0 aromatic heterocycles. The van der Waals surface area contributed by atoms with Gasteiger partial charge in [-0.05, 0) is 42.0 Å². The van der Waals surface area contributed by atoms with Crippen LogP contribution in [0.4, 0.5) is 13.2 Å². The maximum absolute atomic E-state index is 12.5. The standard InChI is InChI=1S/C17H16F3NO3S/c1-21(11-12-3-7-14(8-4-12)17(18,19)20)16(22)13-5-9-15(10-6-13)25(2,23)24/h3-10H,11H2,1-2H3. The fourth-order valence-corrected chi connectivity index (χ4v) is 2.84. The number of halogens is 3. The molecular formula is C17H16F3NO3S. The van der Waals surface area contributed by atoms with Gasteiger partial charge in [0.15, 0.2) is 9.84 Å². The average Bonchev–Trinajstić information content (AvgIpc) is 2.53. The van der Waals surface area contributed by atoms with Gasteiger partial charge in [-0.1, -0.05) is 12.1 Å². The SMILES string of the molecule is CN(Cc1ccc(C(F)(F)F)cc1)C(=O)c1ccc(S(C)(=O)=O)cc1. The monoisotopic (exact) mass is 371 g/mol. The van der Waals surface area contributed by atoms with Gasteiger partial charge >= 0.3 is 6.18 Å². The summed E-state index contributed by atoms with van der Waals surface area (Å²) < 4.78 is 60.4. The number of amides is 1. The lowest BCUT2D eigenvalue weighted by atomic mass is 10.1. The summed E-state index contributed by atoms with van der Waals surface area (Å²) in [5.74, 6) is -0.361. The molecule has 0 spiro atoms. The molecule has 0 saturated carbocycles. The number of carbonyl (C=O) groups excluding carboxylic acids is 1. The molecule has 1 amide bonds. The second-order valence-electron chi connectivity index (χ2n) is 5.65. The zero-order chi connectivity index (χ0) is 18.8. The largest absolute Gasteiger partial charge is 0.416 e. The second kappa shape index (κ2) is 6.87. The van der Waals surface area contributed by atoms with Crippen molar-refractivity contribution in [3.8, 4) is 0 Å². The summed E-state index contributed by atoms with van der Waals surface area (Å²) in [5.41, 5.74) is 0.0972. The summed E-state index contributed by atoms with van der Waals surface area (Å²) in [5, 5.41) is 0. The molecule has 0 N–H and O–H groups in total. The quantitative estimate of drug-likeness (QED) is 0.828. The van der Waals surface area contributed by atoms with Crippen LogP contribution in [0.1, 0.15) is 21.5 Å². The van der Waals surface area contributed by atoms with E-state index in [0.717, 1.165) is 18.4 Å². The maximum Gasteiger partial charge on any atom is 0.416 e. The number of rotatable bonds is 4. The zero-order valence-electron chi connectivity index (χ0n) is 13.5. The highest BCUT2D eigenvalue weighted by atomic mass is 32.2. The van der Waals surface area contributed by atoms with E-state index in [1.807, 2.05) is 0 Å². The van der Waals surface area contributed by atoms with Crippen LogP contribution in [0.15, 0.2) is 53.4 Å². The molecule has 0 atom stereocenters. The van der Waals surface area contributed by atoms with Crippen LogP contribution in [-0.4, -0.2) is 32.5 Å². The maximum atomic E-state index is 12.5. The Labute approximate surface area is 143 Å². The molecule has 2 aromatic rings. The summed E-state index contributed by atoms with van der Waals surface area (Å²) in [6.07, 6.45) is -3.33. The molecule has 0 aliphatic rings. The molecule has 0 fully saturated rings. The minimum Gasteiger partial charge on any atom is -0.337 e. The van der Waals surface area contributed by atoms with Gasteiger partial charge in [0.25, 0.3) is 5.91 Å². The Bertz CT molecular complexity index is 858. The Balaban J connectivity index is 2.10. The number of hydrogen-bond acceptors (Lipinski definition) is 3. The Morgan fingerprint density at radius 1 is 1.00 bits per heavy atom. The number of alkyl halides is 3. The molecule has 0 aliphatic carbocycles. The third-order valence-electron chi connectivity index (χ3n) is 3.58. The zero-order valence-corrected chi connectivity index (χ0v) is 14.4. The van der Waals surface area contributed by atoms with Gasteiger partial charge in [-0.3, -0.25) is 4.79 Å². The molecular weight excluding hydrogens is 355 g/mol. The Kier molecular flexibility index (Phi) is 5.22. The smallest absolute Gasteiger partial charge is 0.337 e. The molecule has 25 heavy (non-hydrogen) atoms. The first kappa shape index (κ1) is 19.0. The Hall–Kier alpha value is -2.35. The van der Waals surface area contributed by atoms with Crippen molar-refractivity contribution >= 4 is 15.7 Å². The van der Waals surface area contributed by atoms with Crippen molar-refractivity contribution in [3.05, 3.63) is 65.2 Å². The Morgan fingerprint density at radius 3 is 1.96 bits per heavy atom. The van der Waals surface area contributed by atoms with Gasteiger partial charge in [0.1, 0.15) is 0 Å². The van der Waals surface area contributed by atoms with Crippen LogP contribution in [0.3, 0.4) is 0 Å². The summed E-state index contributed by atoms with van der Waals surface area (Å²) in [6, 6.07) is 10.1. The second-order valence-corrected chi connectivity index (χ2v) is 7.67. The van der Waals surface area contributed by atoms with E-state index in [4.69, 9.17) is 0 Å². The van der Waals surface area contributed by atoms with Crippen molar-refractivity contribution in [1.82, 2.24) is 4.90 Å². The van der Waals surface area contributed by atoms with Gasteiger partial charge in [-0.2, -0.15) is 13.2 Å². The van der Waals surface area contributed by atoms with E-state index in [1.54, 1.807) is 0 Å². The van der Waals surface area contributed by atoms with Crippen LogP contribution in [0, 0.1) is 0 Å². The average molecular weight is 371 g/mol. The predicted octanol–water partition coefficient (Wildman–Crippen LogP) is 3.38. The third-order valence-corrected chi connectivity index (χ3v) is 4.71. The molecule has 0 saturated heterocycles. The summed E-state index contributed by atoms with van der Waals surface area (Å²) in [7, 11) is -1.83. The summed E-state index contributed by atoms with van der Waals surface area (Å²) in [4.78, 5) is 13.8. The van der Waals surface area contributed by atoms with E-state index in [0.29, 0.717) is 11.1 Å². The molecule has 0 bridgehead atoms. The normalized spacial score (nSPS) is 12.0. The summed E-state index contributed by atoms with van der Waals surface area (Å²) >= 11 is 0. The predicted molar refractivity (Wildman–Crippen MR) is 86.8 cm³/mol. The molecule has 2 rings (SSSR count). The highest BCUT2D eigenvalue weighted by molar-refractivity contribution is 7.90. The highest BCUT2D eigenvalue weighted by Crippen LogP contribution is 2.29. The van der Waals surface area contributed by atoms with Crippen LogP contribution < -0.4 is 0 Å². The fourth-order valence-electron chi connectivity index (χ4n) is 2.21. The van der Waals surface area contributed by atoms with E-state index in [9.17, 15) is 26.4 Å². The van der Waals surface area contributed by atoms with Gasteiger partial charge in [-0.25, -0.2) is 8.42 Å². The third kappa shape index (κ3) is 4.82. The molecule has 0 radical (unpaired) electrons. The number of nitrogens with zero attached hydrogens (tertiary/aromatic N) is 1. The Morgan fingerprint density at radius 2 is 1.52 bits per heavy atom. The fraction of sp³-hybridized carbons (Fsp3) is 0.235. The summed E-state index contributed by atoms with van der Waals surface area (Å²) in [6.45, 7) is 0.130. The first-order valence-corrected chi connectivity index (χ1v) is 9.09. The molecule has 0 aliphatic heterocycles. The lowest BCUT2D eigenvalue weighted by Crippen LogP contribution is -2.26. The minimum absolute atomic E-state index is 0.106. The van der Waals surface area contributed by atoms with Gasteiger partial charge in [0, 0.05) is 25.4 Å². The lowest BCUT2D eigenvalue weighted by Gasteiger charge is -2.18. The highest BCUT2D eigenvalue weighted by Gasteiger charge is 2.30. The molecule has 0 heterocycles. The van der Waals surface area contributed by atoms with Crippen LogP contribution in [0.5, 0.6) is 0 Å². The van der Waals surface area contributed by atoms with Gasteiger partial charge in [0.05, 0.1) is 10.5 Å². The van der Waals surface area contributed by atoms with E-state index in [-0.39, 0.29) is 17.3 Å². The van der Waals surface area contributed by atoms with Crippen LogP contribution in [-0.2, 0) is 22.6 Å². The van der Waals surface area contributed by atoms with Crippen molar-refractivity contribution < 1.29 is 26.4 Å². The number of benzene rings is 2. The topological polar surface area (TPSA) is 54.5 Å². The van der Waals surface area contributed by atoms with E-state index in [1.165, 1.54) is 48.3 Å². The van der Waals surface area contributed by atoms with Crippen LogP contribution in [0.2, 0.25) is 0 Å². The molecule has 2 aromatic carbocycles. The number of sulfone groups is 1. The van der Waals surface area contributed by atoms with Crippen molar-refractivity contribution in [2.45, 2.75) is 17.6 Å². The molecule has 134 valence electrons. The van der Waals surface area contributed by atoms with E-state index >= 15 is 0 Å². The lowest BCUT2D eigenvalue weighted by molar-refractivity contribution is -0.137. The van der Waals surface area contributed by atoms with Gasteiger partial charge in [-0.15, -0.1) is 0 Å². The molecule has 4 nitrogen and oxygen atoms in total. The molecule has 8 heteroatoms. The van der Waals surface area contributed by atoms with Crippen molar-refractivity contribution in [2.24, 2.45) is 0 Å². The van der Waals surface area contributed by atoms with Crippen LogP contribution in [0.25, 0.3) is 0 Å². The number of hydrogen-bond donors (Lipinski definition) is 0. The van der Waals surface area contributed by atoms with E-state index in [2.05, 4.69) is 0 Å². The number of carbonyl (C=O) groups is 1. The van der Waals surface area contributed by atoms with Crippen molar-refractivity contribution in [1.29, 1.82) is 0 Å².